The maximum absolute atomic E-state index is 12.8. The van der Waals surface area contributed by atoms with Gasteiger partial charge in [-0.25, -0.2) is 4.79 Å². The smallest absolute Gasteiger partial charge is 0.319 e. The van der Waals surface area contributed by atoms with Crippen LogP contribution >= 0.6 is 0 Å². The second kappa shape index (κ2) is 10.0. The summed E-state index contributed by atoms with van der Waals surface area (Å²) in [4.78, 5) is 27.3. The summed E-state index contributed by atoms with van der Waals surface area (Å²) in [7, 11) is 0. The van der Waals surface area contributed by atoms with E-state index in [1.807, 2.05) is 61.5 Å². The van der Waals surface area contributed by atoms with E-state index < -0.39 is 0 Å². The highest BCUT2D eigenvalue weighted by molar-refractivity contribution is 5.99. The molecule has 2 aromatic carbocycles. The molecule has 1 fully saturated rings. The van der Waals surface area contributed by atoms with E-state index in [4.69, 9.17) is 4.42 Å². The quantitative estimate of drug-likeness (QED) is 0.542. The number of para-hydroxylation sites is 1. The number of amides is 3. The number of benzene rings is 2. The zero-order valence-electron chi connectivity index (χ0n) is 18.1. The predicted octanol–water partition coefficient (Wildman–Crippen LogP) is 4.31. The van der Waals surface area contributed by atoms with Gasteiger partial charge in [0.05, 0.1) is 18.4 Å². The van der Waals surface area contributed by atoms with Gasteiger partial charge in [0.2, 0.25) is 0 Å². The molecular formula is C25H28N4O3. The Kier molecular flexibility index (Phi) is 6.75. The van der Waals surface area contributed by atoms with Gasteiger partial charge in [0.25, 0.3) is 5.91 Å². The van der Waals surface area contributed by atoms with Crippen molar-refractivity contribution in [2.75, 3.05) is 23.3 Å². The lowest BCUT2D eigenvalue weighted by Crippen LogP contribution is -2.46. The van der Waals surface area contributed by atoms with Crippen molar-refractivity contribution in [3.05, 3.63) is 83.8 Å². The van der Waals surface area contributed by atoms with E-state index >= 15 is 0 Å². The molecule has 1 aromatic heterocycles. The maximum Gasteiger partial charge on any atom is 0.319 e. The lowest BCUT2D eigenvalue weighted by molar-refractivity contribution is 0.0948. The summed E-state index contributed by atoms with van der Waals surface area (Å²) < 4.78 is 5.29. The fourth-order valence-electron chi connectivity index (χ4n) is 3.87. The summed E-state index contributed by atoms with van der Waals surface area (Å²) in [5.74, 6) is 0.585. The van der Waals surface area contributed by atoms with E-state index in [2.05, 4.69) is 20.9 Å². The summed E-state index contributed by atoms with van der Waals surface area (Å²) in [5.41, 5.74) is 3.48. The van der Waals surface area contributed by atoms with Crippen molar-refractivity contribution in [1.29, 1.82) is 0 Å². The lowest BCUT2D eigenvalue weighted by atomic mass is 10.0. The van der Waals surface area contributed by atoms with Crippen molar-refractivity contribution in [3.8, 4) is 0 Å². The summed E-state index contributed by atoms with van der Waals surface area (Å²) in [6.45, 7) is 3.89. The molecule has 0 atom stereocenters. The minimum Gasteiger partial charge on any atom is -0.467 e. The van der Waals surface area contributed by atoms with E-state index in [-0.39, 0.29) is 18.0 Å². The van der Waals surface area contributed by atoms with Crippen molar-refractivity contribution in [1.82, 2.24) is 10.6 Å². The Morgan fingerprint density at radius 1 is 1.00 bits per heavy atom. The van der Waals surface area contributed by atoms with Gasteiger partial charge in [0.1, 0.15) is 5.76 Å². The van der Waals surface area contributed by atoms with Crippen LogP contribution in [0.25, 0.3) is 0 Å². The van der Waals surface area contributed by atoms with Crippen LogP contribution < -0.4 is 20.9 Å². The molecule has 3 N–H and O–H groups in total. The SMILES string of the molecule is Cc1ccc(NC(=O)NC2CCN(c3ccccc3C(=O)NCc3ccco3)CC2)cc1. The van der Waals surface area contributed by atoms with Crippen molar-refractivity contribution < 1.29 is 14.0 Å². The van der Waals surface area contributed by atoms with Crippen LogP contribution in [0.1, 0.15) is 34.5 Å². The third-order valence-electron chi connectivity index (χ3n) is 5.63. The Labute approximate surface area is 187 Å². The standard InChI is InChI=1S/C25H28N4O3/c1-18-8-10-19(11-9-18)27-25(31)28-20-12-14-29(15-13-20)23-7-3-2-6-22(23)24(30)26-17-21-5-4-16-32-21/h2-11,16,20H,12-15,17H2,1H3,(H,26,30)(H2,27,28,31). The molecule has 3 aromatic rings. The highest BCUT2D eigenvalue weighted by Gasteiger charge is 2.23. The molecule has 7 heteroatoms. The number of hydrogen-bond donors (Lipinski definition) is 3. The van der Waals surface area contributed by atoms with Crippen LogP contribution in [0.3, 0.4) is 0 Å². The first kappa shape index (κ1) is 21.5. The molecule has 1 saturated heterocycles. The first-order chi connectivity index (χ1) is 15.6. The Morgan fingerprint density at radius 3 is 2.47 bits per heavy atom. The van der Waals surface area contributed by atoms with Crippen molar-refractivity contribution in [2.45, 2.75) is 32.4 Å². The van der Waals surface area contributed by atoms with E-state index in [9.17, 15) is 9.59 Å². The Hall–Kier alpha value is -3.74. The maximum atomic E-state index is 12.8. The molecule has 2 heterocycles. The fraction of sp³-hybridized carbons (Fsp3) is 0.280. The number of urea groups is 1. The number of carbonyl (C=O) groups excluding carboxylic acids is 2. The number of anilines is 2. The van der Waals surface area contributed by atoms with E-state index in [0.717, 1.165) is 42.9 Å². The zero-order chi connectivity index (χ0) is 22.3. The van der Waals surface area contributed by atoms with Gasteiger partial charge in [0.15, 0.2) is 0 Å². The second-order valence-corrected chi connectivity index (χ2v) is 8.00. The summed E-state index contributed by atoms with van der Waals surface area (Å²) in [5, 5.41) is 8.86. The normalized spacial score (nSPS) is 14.1. The van der Waals surface area contributed by atoms with Crippen LogP contribution in [0.15, 0.2) is 71.3 Å². The van der Waals surface area contributed by atoms with Crippen molar-refractivity contribution in [3.63, 3.8) is 0 Å². The number of aryl methyl sites for hydroxylation is 1. The first-order valence-corrected chi connectivity index (χ1v) is 10.9. The monoisotopic (exact) mass is 432 g/mol. The minimum absolute atomic E-state index is 0.0941. The van der Waals surface area contributed by atoms with Crippen LogP contribution in [0.5, 0.6) is 0 Å². The molecule has 4 rings (SSSR count). The molecule has 0 saturated carbocycles. The van der Waals surface area contributed by atoms with Gasteiger partial charge in [-0.05, 0) is 56.2 Å². The van der Waals surface area contributed by atoms with E-state index in [1.165, 1.54) is 0 Å². The molecule has 3 amide bonds. The average molecular weight is 433 g/mol. The largest absolute Gasteiger partial charge is 0.467 e. The van der Waals surface area contributed by atoms with Crippen LogP contribution in [0.4, 0.5) is 16.2 Å². The Balaban J connectivity index is 1.30. The third-order valence-corrected chi connectivity index (χ3v) is 5.63. The summed E-state index contributed by atoms with van der Waals surface area (Å²) in [6, 6.07) is 18.9. The number of nitrogens with zero attached hydrogens (tertiary/aromatic N) is 1. The van der Waals surface area contributed by atoms with E-state index in [0.29, 0.717) is 17.9 Å². The number of rotatable bonds is 6. The van der Waals surface area contributed by atoms with E-state index in [1.54, 1.807) is 12.3 Å². The first-order valence-electron chi connectivity index (χ1n) is 10.9. The summed E-state index contributed by atoms with van der Waals surface area (Å²) >= 11 is 0. The number of carbonyl (C=O) groups is 2. The Bertz CT molecular complexity index is 1040. The topological polar surface area (TPSA) is 86.6 Å². The summed E-state index contributed by atoms with van der Waals surface area (Å²) in [6.07, 6.45) is 3.21. The van der Waals surface area contributed by atoms with Gasteiger partial charge < -0.3 is 25.3 Å². The van der Waals surface area contributed by atoms with Gasteiger partial charge in [-0.1, -0.05) is 29.8 Å². The fourth-order valence-corrected chi connectivity index (χ4v) is 3.87. The van der Waals surface area contributed by atoms with Gasteiger partial charge in [-0.2, -0.15) is 0 Å². The molecular weight excluding hydrogens is 404 g/mol. The van der Waals surface area contributed by atoms with Gasteiger partial charge in [-0.3, -0.25) is 4.79 Å². The molecule has 0 aliphatic carbocycles. The van der Waals surface area contributed by atoms with Crippen LogP contribution in [0, 0.1) is 6.92 Å². The minimum atomic E-state index is -0.190. The van der Waals surface area contributed by atoms with Crippen LogP contribution in [-0.4, -0.2) is 31.1 Å². The number of nitrogens with one attached hydrogen (secondary N) is 3. The van der Waals surface area contributed by atoms with Gasteiger partial charge in [-0.15, -0.1) is 0 Å². The Morgan fingerprint density at radius 2 is 1.75 bits per heavy atom. The van der Waals surface area contributed by atoms with Gasteiger partial charge >= 0.3 is 6.03 Å². The molecule has 0 bridgehead atoms. The molecule has 166 valence electrons. The molecule has 7 nitrogen and oxygen atoms in total. The second-order valence-electron chi connectivity index (χ2n) is 8.00. The zero-order valence-corrected chi connectivity index (χ0v) is 18.1. The molecule has 1 aliphatic heterocycles. The van der Waals surface area contributed by atoms with Crippen molar-refractivity contribution in [2.24, 2.45) is 0 Å². The molecule has 0 radical (unpaired) electrons. The third kappa shape index (κ3) is 5.49. The van der Waals surface area contributed by atoms with Crippen LogP contribution in [0.2, 0.25) is 0 Å². The molecule has 0 spiro atoms. The predicted molar refractivity (Wildman–Crippen MR) is 125 cm³/mol. The number of piperidine rings is 1. The lowest BCUT2D eigenvalue weighted by Gasteiger charge is -2.34. The highest BCUT2D eigenvalue weighted by atomic mass is 16.3. The molecule has 0 unspecified atom stereocenters. The van der Waals surface area contributed by atoms with Gasteiger partial charge in [0, 0.05) is 30.5 Å². The molecule has 32 heavy (non-hydrogen) atoms. The van der Waals surface area contributed by atoms with Crippen LogP contribution in [-0.2, 0) is 6.54 Å². The number of furan rings is 1. The molecule has 1 aliphatic rings. The van der Waals surface area contributed by atoms with Crippen molar-refractivity contribution >= 4 is 23.3 Å². The number of hydrogen-bond acceptors (Lipinski definition) is 4. The average Bonchev–Trinajstić information content (AvgIpc) is 3.33. The highest BCUT2D eigenvalue weighted by Crippen LogP contribution is 2.24.